The topological polar surface area (TPSA) is 34.2 Å². The molecule has 0 amide bonds. The van der Waals surface area contributed by atoms with Gasteiger partial charge in [-0.05, 0) is 0 Å². The molecule has 1 saturated heterocycles. The van der Waals surface area contributed by atoms with E-state index in [0.29, 0.717) is 23.8 Å². The Hall–Kier alpha value is -2.45. The number of benzene rings is 3. The van der Waals surface area contributed by atoms with Crippen LogP contribution in [0.3, 0.4) is 0 Å². The molecule has 1 aromatic heterocycles. The minimum absolute atomic E-state index is 0.204. The van der Waals surface area contributed by atoms with Crippen molar-refractivity contribution in [2.45, 2.75) is 32.3 Å². The number of aromatic amines is 1. The van der Waals surface area contributed by atoms with Gasteiger partial charge in [0.2, 0.25) is 0 Å². The van der Waals surface area contributed by atoms with E-state index in [4.69, 9.17) is 9.47 Å². The van der Waals surface area contributed by atoms with Crippen molar-refractivity contribution in [2.75, 3.05) is 13.2 Å². The van der Waals surface area contributed by atoms with Crippen LogP contribution in [0.25, 0.3) is 10.9 Å². The first-order chi connectivity index (χ1) is 16.1. The number of hydrogen-bond acceptors (Lipinski definition) is 2. The van der Waals surface area contributed by atoms with E-state index in [1.54, 1.807) is 13.0 Å². The molecule has 172 valence electrons. The third kappa shape index (κ3) is 4.77. The molecule has 0 saturated carbocycles. The fraction of sp³-hybridized carbons (Fsp3) is 0.259. The van der Waals surface area contributed by atoms with Gasteiger partial charge in [-0.15, -0.1) is 0 Å². The van der Waals surface area contributed by atoms with E-state index in [-0.39, 0.29) is 11.6 Å². The number of halogens is 3. The zero-order chi connectivity index (χ0) is 22.8. The maximum atomic E-state index is 15.1. The molecule has 3 nitrogen and oxygen atoms in total. The molecule has 33 heavy (non-hydrogen) atoms. The Morgan fingerprint density at radius 1 is 1.00 bits per heavy atom. The molecule has 0 aliphatic carbocycles. The van der Waals surface area contributed by atoms with E-state index in [1.807, 2.05) is 42.5 Å². The molecule has 6 heteroatoms. The van der Waals surface area contributed by atoms with E-state index >= 15 is 4.39 Å². The number of H-pyrrole nitrogens is 1. The predicted molar refractivity (Wildman–Crippen MR) is 120 cm³/mol. The Kier molecular flexibility index (Phi) is 6.64. The molecule has 1 aliphatic heterocycles. The SMILES string of the molecule is Cc1cc([I-]c2c(C3CCOCC3)[nH]c3ccc(F)c(OCc4ccccc4)c23)ccc1F. The van der Waals surface area contributed by atoms with Crippen molar-refractivity contribution in [3.8, 4) is 5.75 Å². The van der Waals surface area contributed by atoms with Crippen LogP contribution in [-0.2, 0) is 11.3 Å². The zero-order valence-corrected chi connectivity index (χ0v) is 20.5. The number of rotatable bonds is 6. The summed E-state index contributed by atoms with van der Waals surface area (Å²) in [6.45, 7) is 3.52. The summed E-state index contributed by atoms with van der Waals surface area (Å²) in [5, 5.41) is 0.821. The summed E-state index contributed by atoms with van der Waals surface area (Å²) in [6.07, 6.45) is 1.85. The molecule has 0 radical (unpaired) electrons. The van der Waals surface area contributed by atoms with Gasteiger partial charge in [0.1, 0.15) is 0 Å². The Labute approximate surface area is 202 Å². The molecule has 0 unspecified atom stereocenters. The fourth-order valence-electron chi connectivity index (χ4n) is 4.23. The van der Waals surface area contributed by atoms with Gasteiger partial charge in [-0.1, -0.05) is 0 Å². The van der Waals surface area contributed by atoms with E-state index in [9.17, 15) is 4.39 Å². The number of hydrogen-bond donors (Lipinski definition) is 1. The molecule has 1 N–H and O–H groups in total. The van der Waals surface area contributed by atoms with Gasteiger partial charge in [-0.2, -0.15) is 0 Å². The van der Waals surface area contributed by atoms with E-state index in [0.717, 1.165) is 55.4 Å². The van der Waals surface area contributed by atoms with Crippen LogP contribution < -0.4 is 25.9 Å². The number of aryl methyl sites for hydroxylation is 1. The van der Waals surface area contributed by atoms with Crippen molar-refractivity contribution in [1.29, 1.82) is 0 Å². The van der Waals surface area contributed by atoms with Gasteiger partial charge in [0, 0.05) is 0 Å². The second-order valence-electron chi connectivity index (χ2n) is 8.30. The summed E-state index contributed by atoms with van der Waals surface area (Å²) in [6, 6.07) is 18.3. The molecular formula is C27H25F2INO2-. The van der Waals surface area contributed by atoms with Gasteiger partial charge in [0.25, 0.3) is 0 Å². The van der Waals surface area contributed by atoms with E-state index in [1.165, 1.54) is 12.1 Å². The first-order valence-electron chi connectivity index (χ1n) is 11.1. The van der Waals surface area contributed by atoms with Crippen LogP contribution in [0, 0.1) is 25.7 Å². The molecule has 4 aromatic rings. The summed E-state index contributed by atoms with van der Waals surface area (Å²) < 4.78 is 42.9. The average Bonchev–Trinajstić information content (AvgIpc) is 3.20. The molecule has 2 heterocycles. The van der Waals surface area contributed by atoms with Crippen molar-refractivity contribution < 1.29 is 39.5 Å². The maximum absolute atomic E-state index is 15.1. The Morgan fingerprint density at radius 2 is 1.76 bits per heavy atom. The summed E-state index contributed by atoms with van der Waals surface area (Å²) in [7, 11) is 0. The molecule has 0 bridgehead atoms. The first kappa shape index (κ1) is 22.3. The van der Waals surface area contributed by atoms with Crippen LogP contribution in [0.15, 0.2) is 60.7 Å². The van der Waals surface area contributed by atoms with Gasteiger partial charge in [-0.3, -0.25) is 0 Å². The van der Waals surface area contributed by atoms with Crippen LogP contribution in [0.2, 0.25) is 0 Å². The molecule has 3 aromatic carbocycles. The second kappa shape index (κ2) is 9.81. The van der Waals surface area contributed by atoms with Crippen molar-refractivity contribution >= 4 is 10.9 Å². The summed E-state index contributed by atoms with van der Waals surface area (Å²) in [5.74, 6) is 0.0487. The fourth-order valence-corrected chi connectivity index (χ4v) is 7.50. The first-order valence-corrected chi connectivity index (χ1v) is 13.3. The quantitative estimate of drug-likeness (QED) is 0.368. The van der Waals surface area contributed by atoms with Gasteiger partial charge < -0.3 is 0 Å². The Balaban J connectivity index is 1.61. The van der Waals surface area contributed by atoms with Crippen molar-refractivity contribution in [1.82, 2.24) is 4.98 Å². The number of ether oxygens (including phenoxy) is 2. The summed E-state index contributed by atoms with van der Waals surface area (Å²) in [4.78, 5) is 3.60. The van der Waals surface area contributed by atoms with Crippen LogP contribution in [0.1, 0.15) is 35.6 Å². The number of aromatic nitrogens is 1. The molecule has 5 rings (SSSR count). The van der Waals surface area contributed by atoms with Gasteiger partial charge in [-0.25, -0.2) is 0 Å². The van der Waals surface area contributed by atoms with Gasteiger partial charge in [0.05, 0.1) is 0 Å². The minimum atomic E-state index is -0.696. The number of nitrogens with one attached hydrogen (secondary N) is 1. The van der Waals surface area contributed by atoms with Crippen LogP contribution in [0.5, 0.6) is 5.75 Å². The van der Waals surface area contributed by atoms with Gasteiger partial charge in [0.15, 0.2) is 0 Å². The van der Waals surface area contributed by atoms with Crippen molar-refractivity contribution in [2.24, 2.45) is 0 Å². The van der Waals surface area contributed by atoms with Crippen LogP contribution >= 0.6 is 0 Å². The van der Waals surface area contributed by atoms with E-state index < -0.39 is 21.2 Å². The monoisotopic (exact) mass is 560 g/mol. The molecular weight excluding hydrogens is 535 g/mol. The van der Waals surface area contributed by atoms with Crippen LogP contribution in [-0.4, -0.2) is 18.2 Å². The van der Waals surface area contributed by atoms with Gasteiger partial charge >= 0.3 is 203 Å². The number of fused-ring (bicyclic) bond motifs is 1. The Bertz CT molecular complexity index is 1270. The zero-order valence-electron chi connectivity index (χ0n) is 18.3. The van der Waals surface area contributed by atoms with Crippen molar-refractivity contribution in [3.05, 3.63) is 96.3 Å². The summed E-state index contributed by atoms with van der Waals surface area (Å²) in [5.41, 5.74) is 3.65. The van der Waals surface area contributed by atoms with E-state index in [2.05, 4.69) is 4.98 Å². The van der Waals surface area contributed by atoms with Crippen molar-refractivity contribution in [3.63, 3.8) is 0 Å². The van der Waals surface area contributed by atoms with Crippen LogP contribution in [0.4, 0.5) is 8.78 Å². The third-order valence-electron chi connectivity index (χ3n) is 6.01. The standard InChI is InChI=1S/C27H25F2INO2/c1-17-15-20(7-8-21(17)28)30-25-24-23(31-26(25)19-11-13-32-14-12-19)10-9-22(29)27(24)33-16-18-5-3-2-4-6-18/h2-10,15,19,31H,11-14,16H2,1H3/q-1. The second-order valence-corrected chi connectivity index (χ2v) is 11.2. The summed E-state index contributed by atoms with van der Waals surface area (Å²) >= 11 is -0.696. The molecule has 0 spiro atoms. The Morgan fingerprint density at radius 3 is 2.52 bits per heavy atom. The molecule has 1 fully saturated rings. The molecule has 0 atom stereocenters. The normalized spacial score (nSPS) is 14.8. The molecule has 1 aliphatic rings. The third-order valence-corrected chi connectivity index (χ3v) is 8.97. The average molecular weight is 560 g/mol. The predicted octanol–water partition coefficient (Wildman–Crippen LogP) is 3.36.